The van der Waals surface area contributed by atoms with Crippen molar-refractivity contribution in [2.24, 2.45) is 0 Å². The molecule has 0 bridgehead atoms. The number of para-hydroxylation sites is 2. The molecule has 0 unspecified atom stereocenters. The predicted molar refractivity (Wildman–Crippen MR) is 155 cm³/mol. The molecule has 0 heterocycles. The van der Waals surface area contributed by atoms with Crippen LogP contribution in [0.25, 0.3) is 12.2 Å². The molecule has 0 aliphatic rings. The SMILES string of the molecule is C=c1cc(C)cc/c1=C(\c1cccc(N(c2ccccc2)c2ccccc2)c1)c1cc(C)ccc1C. The molecule has 0 aliphatic heterocycles. The lowest BCUT2D eigenvalue weighted by molar-refractivity contribution is 1.27. The van der Waals surface area contributed by atoms with Gasteiger partial charge in [0.25, 0.3) is 0 Å². The fraction of sp³-hybridized carbons (Fsp3) is 0.0857. The van der Waals surface area contributed by atoms with Gasteiger partial charge in [-0.2, -0.15) is 0 Å². The first kappa shape index (κ1) is 23.4. The van der Waals surface area contributed by atoms with Crippen LogP contribution in [0.5, 0.6) is 0 Å². The topological polar surface area (TPSA) is 3.24 Å². The molecule has 5 rings (SSSR count). The van der Waals surface area contributed by atoms with Gasteiger partial charge >= 0.3 is 0 Å². The Morgan fingerprint density at radius 1 is 0.556 bits per heavy atom. The van der Waals surface area contributed by atoms with E-state index < -0.39 is 0 Å². The number of rotatable bonds is 5. The normalized spacial score (nSPS) is 11.8. The molecular formula is C35H31N. The summed E-state index contributed by atoms with van der Waals surface area (Å²) in [6.45, 7) is 10.9. The lowest BCUT2D eigenvalue weighted by Gasteiger charge is -2.26. The molecule has 0 aliphatic carbocycles. The van der Waals surface area contributed by atoms with Gasteiger partial charge in [-0.15, -0.1) is 0 Å². The fourth-order valence-corrected chi connectivity index (χ4v) is 4.83. The van der Waals surface area contributed by atoms with E-state index in [1.807, 2.05) is 0 Å². The van der Waals surface area contributed by atoms with Crippen molar-refractivity contribution in [2.75, 3.05) is 4.90 Å². The Kier molecular flexibility index (Phi) is 6.56. The van der Waals surface area contributed by atoms with Gasteiger partial charge in [0.1, 0.15) is 0 Å². The van der Waals surface area contributed by atoms with E-state index in [0.29, 0.717) is 0 Å². The molecule has 0 spiro atoms. The summed E-state index contributed by atoms with van der Waals surface area (Å²) in [6, 6.07) is 43.2. The van der Waals surface area contributed by atoms with Crippen LogP contribution < -0.4 is 15.3 Å². The highest BCUT2D eigenvalue weighted by atomic mass is 15.1. The first-order chi connectivity index (χ1) is 17.5. The molecule has 0 N–H and O–H groups in total. The van der Waals surface area contributed by atoms with Crippen molar-refractivity contribution in [1.82, 2.24) is 0 Å². The number of anilines is 3. The summed E-state index contributed by atoms with van der Waals surface area (Å²) in [7, 11) is 0. The van der Waals surface area contributed by atoms with Crippen LogP contribution in [0.1, 0.15) is 27.8 Å². The quantitative estimate of drug-likeness (QED) is 0.257. The van der Waals surface area contributed by atoms with E-state index >= 15 is 0 Å². The van der Waals surface area contributed by atoms with Gasteiger partial charge in [-0.1, -0.05) is 103 Å². The number of aryl methyl sites for hydroxylation is 3. The van der Waals surface area contributed by atoms with Crippen LogP contribution in [0.2, 0.25) is 0 Å². The maximum Gasteiger partial charge on any atom is 0.0467 e. The van der Waals surface area contributed by atoms with Crippen molar-refractivity contribution in [3.63, 3.8) is 0 Å². The molecule has 0 radical (unpaired) electrons. The lowest BCUT2D eigenvalue weighted by Crippen LogP contribution is -2.27. The van der Waals surface area contributed by atoms with Gasteiger partial charge < -0.3 is 4.90 Å². The standard InChI is InChI=1S/C35H31N/c1-25-19-21-33(28(4)22-25)35(34-23-26(2)18-20-27(34)3)29-12-11-17-32(24-29)36(30-13-7-5-8-14-30)31-15-9-6-10-16-31/h5-24H,4H2,1-3H3/b35-33-. The Balaban J connectivity index is 1.79. The number of hydrogen-bond acceptors (Lipinski definition) is 1. The van der Waals surface area contributed by atoms with Crippen LogP contribution in [0.4, 0.5) is 17.1 Å². The third-order valence-electron chi connectivity index (χ3n) is 6.61. The third kappa shape index (κ3) is 4.74. The molecule has 0 atom stereocenters. The molecule has 176 valence electrons. The molecule has 0 fully saturated rings. The number of hydrogen-bond donors (Lipinski definition) is 0. The van der Waals surface area contributed by atoms with Gasteiger partial charge in [0, 0.05) is 17.1 Å². The molecule has 36 heavy (non-hydrogen) atoms. The van der Waals surface area contributed by atoms with E-state index in [2.05, 4.69) is 154 Å². The smallest absolute Gasteiger partial charge is 0.0467 e. The summed E-state index contributed by atoms with van der Waals surface area (Å²) in [5.41, 5.74) is 10.7. The Labute approximate surface area is 214 Å². The Morgan fingerprint density at radius 2 is 1.14 bits per heavy atom. The zero-order valence-electron chi connectivity index (χ0n) is 21.2. The predicted octanol–water partition coefficient (Wildman–Crippen LogP) is 7.74. The summed E-state index contributed by atoms with van der Waals surface area (Å²) in [5, 5.41) is 2.21. The lowest BCUT2D eigenvalue weighted by atomic mass is 9.90. The fourth-order valence-electron chi connectivity index (χ4n) is 4.83. The molecule has 0 saturated heterocycles. The van der Waals surface area contributed by atoms with Gasteiger partial charge in [-0.25, -0.2) is 0 Å². The Morgan fingerprint density at radius 3 is 1.78 bits per heavy atom. The van der Waals surface area contributed by atoms with Crippen molar-refractivity contribution >= 4 is 29.2 Å². The van der Waals surface area contributed by atoms with Crippen molar-refractivity contribution in [3.8, 4) is 0 Å². The summed E-state index contributed by atoms with van der Waals surface area (Å²) in [4.78, 5) is 2.31. The molecule has 0 saturated carbocycles. The minimum Gasteiger partial charge on any atom is -0.310 e. The van der Waals surface area contributed by atoms with Crippen LogP contribution >= 0.6 is 0 Å². The molecule has 1 heteroatoms. The zero-order chi connectivity index (χ0) is 25.1. The van der Waals surface area contributed by atoms with Gasteiger partial charge in [-0.3, -0.25) is 0 Å². The average Bonchev–Trinajstić information content (AvgIpc) is 2.89. The van der Waals surface area contributed by atoms with Crippen LogP contribution in [0.15, 0.2) is 121 Å². The molecular weight excluding hydrogens is 434 g/mol. The summed E-state index contributed by atoms with van der Waals surface area (Å²) in [5.74, 6) is 0. The second-order valence-corrected chi connectivity index (χ2v) is 9.41. The van der Waals surface area contributed by atoms with Gasteiger partial charge in [0.05, 0.1) is 0 Å². The Hall–Kier alpha value is -4.36. The second kappa shape index (κ2) is 10.1. The monoisotopic (exact) mass is 465 g/mol. The molecule has 1 nitrogen and oxygen atoms in total. The molecule has 0 amide bonds. The largest absolute Gasteiger partial charge is 0.310 e. The average molecular weight is 466 g/mol. The first-order valence-electron chi connectivity index (χ1n) is 12.4. The van der Waals surface area contributed by atoms with E-state index in [-0.39, 0.29) is 0 Å². The van der Waals surface area contributed by atoms with E-state index in [4.69, 9.17) is 0 Å². The van der Waals surface area contributed by atoms with Crippen LogP contribution in [-0.2, 0) is 0 Å². The first-order valence-corrected chi connectivity index (χ1v) is 12.4. The van der Waals surface area contributed by atoms with Crippen molar-refractivity contribution in [3.05, 3.63) is 160 Å². The number of nitrogens with zero attached hydrogens (tertiary/aromatic N) is 1. The molecule has 5 aromatic rings. The Bertz CT molecular complexity index is 1580. The summed E-state index contributed by atoms with van der Waals surface area (Å²) in [6.07, 6.45) is 0. The minimum absolute atomic E-state index is 1.04. The van der Waals surface area contributed by atoms with E-state index in [1.54, 1.807) is 0 Å². The van der Waals surface area contributed by atoms with Gasteiger partial charge in [-0.05, 0) is 89.9 Å². The minimum atomic E-state index is 1.04. The van der Waals surface area contributed by atoms with Crippen LogP contribution in [0.3, 0.4) is 0 Å². The zero-order valence-corrected chi connectivity index (χ0v) is 21.2. The van der Waals surface area contributed by atoms with Gasteiger partial charge in [0.2, 0.25) is 0 Å². The van der Waals surface area contributed by atoms with Crippen LogP contribution in [-0.4, -0.2) is 0 Å². The maximum absolute atomic E-state index is 4.43. The highest BCUT2D eigenvalue weighted by Gasteiger charge is 2.15. The summed E-state index contributed by atoms with van der Waals surface area (Å²) >= 11 is 0. The molecule has 5 aromatic carbocycles. The van der Waals surface area contributed by atoms with E-state index in [9.17, 15) is 0 Å². The molecule has 0 aromatic heterocycles. The van der Waals surface area contributed by atoms with E-state index in [0.717, 1.165) is 27.5 Å². The van der Waals surface area contributed by atoms with Crippen molar-refractivity contribution in [1.29, 1.82) is 0 Å². The highest BCUT2D eigenvalue weighted by molar-refractivity contribution is 5.85. The second-order valence-electron chi connectivity index (χ2n) is 9.41. The van der Waals surface area contributed by atoms with Crippen molar-refractivity contribution < 1.29 is 0 Å². The van der Waals surface area contributed by atoms with Crippen molar-refractivity contribution in [2.45, 2.75) is 20.8 Å². The third-order valence-corrected chi connectivity index (χ3v) is 6.61. The van der Waals surface area contributed by atoms with Gasteiger partial charge in [0.15, 0.2) is 0 Å². The van der Waals surface area contributed by atoms with E-state index in [1.165, 1.54) is 33.4 Å². The number of benzene rings is 5. The highest BCUT2D eigenvalue weighted by Crippen LogP contribution is 2.36. The maximum atomic E-state index is 4.43. The summed E-state index contributed by atoms with van der Waals surface area (Å²) < 4.78 is 0. The van der Waals surface area contributed by atoms with Crippen LogP contribution in [0, 0.1) is 20.8 Å².